The molecule has 0 spiro atoms. The van der Waals surface area contributed by atoms with Crippen LogP contribution in [0.1, 0.15) is 6.92 Å². The summed E-state index contributed by atoms with van der Waals surface area (Å²) in [6, 6.07) is 9.20. The number of rotatable bonds is 8. The highest BCUT2D eigenvalue weighted by Gasteiger charge is 2.09. The van der Waals surface area contributed by atoms with Crippen LogP contribution in [-0.4, -0.2) is 54.8 Å². The molecule has 1 fully saturated rings. The Hall–Kier alpha value is -3.57. The van der Waals surface area contributed by atoms with Crippen molar-refractivity contribution in [2.45, 2.75) is 13.5 Å². The number of morpholine rings is 1. The van der Waals surface area contributed by atoms with Gasteiger partial charge in [0.05, 0.1) is 13.2 Å². The Kier molecular flexibility index (Phi) is 8.67. The van der Waals surface area contributed by atoms with Gasteiger partial charge in [-0.3, -0.25) is 19.1 Å². The van der Waals surface area contributed by atoms with Gasteiger partial charge in [0.2, 0.25) is 0 Å². The Labute approximate surface area is 194 Å². The van der Waals surface area contributed by atoms with Crippen LogP contribution in [0.4, 0.5) is 5.69 Å². The van der Waals surface area contributed by atoms with Crippen molar-refractivity contribution >= 4 is 34.4 Å². The molecule has 1 aromatic heterocycles. The summed E-state index contributed by atoms with van der Waals surface area (Å²) in [5.74, 6) is -0.153. The van der Waals surface area contributed by atoms with Crippen molar-refractivity contribution in [1.82, 2.24) is 9.47 Å². The predicted molar refractivity (Wildman–Crippen MR) is 126 cm³/mol. The molecule has 0 aliphatic carbocycles. The number of hydrogen-bond donors (Lipinski definition) is 2. The second-order valence-electron chi connectivity index (χ2n) is 7.03. The average molecular weight is 468 g/mol. The van der Waals surface area contributed by atoms with E-state index in [0.29, 0.717) is 22.3 Å². The molecule has 10 heteroatoms. The molecular formula is C23H25N5O4S. The summed E-state index contributed by atoms with van der Waals surface area (Å²) >= 11 is 1.07. The lowest BCUT2D eigenvalue weighted by atomic mass is 10.3. The number of nitrogens with zero attached hydrogens (tertiary/aromatic N) is 3. The summed E-state index contributed by atoms with van der Waals surface area (Å²) in [6.45, 7) is 6.92. The summed E-state index contributed by atoms with van der Waals surface area (Å²) in [5.41, 5.74) is 10.9. The third-order valence-corrected chi connectivity index (χ3v) is 5.86. The second-order valence-corrected chi connectivity index (χ2v) is 8.02. The van der Waals surface area contributed by atoms with Crippen LogP contribution in [0.15, 0.2) is 40.8 Å². The van der Waals surface area contributed by atoms with Crippen LogP contribution in [0.2, 0.25) is 0 Å². The Morgan fingerprint density at radius 1 is 1.39 bits per heavy atom. The van der Waals surface area contributed by atoms with Gasteiger partial charge in [0.1, 0.15) is 27.6 Å². The van der Waals surface area contributed by atoms with Crippen molar-refractivity contribution in [2.75, 3.05) is 44.8 Å². The summed E-state index contributed by atoms with van der Waals surface area (Å²) in [7, 11) is 0. The molecule has 1 amide bonds. The Morgan fingerprint density at radius 3 is 2.88 bits per heavy atom. The lowest BCUT2D eigenvalue weighted by Gasteiger charge is -2.26. The average Bonchev–Trinajstić information content (AvgIpc) is 3.12. The maximum atomic E-state index is 12.6. The molecule has 1 aliphatic rings. The van der Waals surface area contributed by atoms with Gasteiger partial charge in [-0.25, -0.2) is 0 Å². The molecule has 0 radical (unpaired) electrons. The van der Waals surface area contributed by atoms with Crippen LogP contribution in [0.5, 0.6) is 5.75 Å². The van der Waals surface area contributed by atoms with E-state index in [2.05, 4.69) is 21.7 Å². The first-order chi connectivity index (χ1) is 16.0. The minimum atomic E-state index is -0.893. The number of ether oxygens (including phenoxy) is 2. The molecular weight excluding hydrogens is 442 g/mol. The van der Waals surface area contributed by atoms with Gasteiger partial charge in [0, 0.05) is 44.1 Å². The van der Waals surface area contributed by atoms with Gasteiger partial charge < -0.3 is 20.5 Å². The molecule has 33 heavy (non-hydrogen) atoms. The molecule has 0 atom stereocenters. The smallest absolute Gasteiger partial charge is 0.277 e. The first kappa shape index (κ1) is 24.1. The SMILES string of the molecule is CCn1c(=C=C(C#N)C(N)=O)sc(=C=CNc2cccc(OCCN3CCOCC3)c2)c1=O. The Balaban J connectivity index is 1.75. The van der Waals surface area contributed by atoms with Gasteiger partial charge in [-0.1, -0.05) is 28.9 Å². The molecule has 2 heterocycles. The fourth-order valence-electron chi connectivity index (χ4n) is 3.11. The molecule has 9 nitrogen and oxygen atoms in total. The molecule has 2 aromatic rings. The van der Waals surface area contributed by atoms with Crippen molar-refractivity contribution in [1.29, 1.82) is 5.26 Å². The number of carbonyl (C=O) groups is 1. The highest BCUT2D eigenvalue weighted by molar-refractivity contribution is 7.07. The van der Waals surface area contributed by atoms with Crippen molar-refractivity contribution in [3.05, 3.63) is 55.6 Å². The van der Waals surface area contributed by atoms with Crippen LogP contribution in [-0.2, 0) is 16.1 Å². The first-order valence-corrected chi connectivity index (χ1v) is 11.3. The number of carbonyl (C=O) groups excluding carboxylic acids is 1. The highest BCUT2D eigenvalue weighted by atomic mass is 32.1. The van der Waals surface area contributed by atoms with E-state index < -0.39 is 5.91 Å². The van der Waals surface area contributed by atoms with E-state index in [1.165, 1.54) is 10.8 Å². The van der Waals surface area contributed by atoms with Crippen molar-refractivity contribution in [3.63, 3.8) is 0 Å². The zero-order valence-electron chi connectivity index (χ0n) is 18.3. The third kappa shape index (κ3) is 6.70. The zero-order chi connectivity index (χ0) is 23.6. The summed E-state index contributed by atoms with van der Waals surface area (Å²) in [4.78, 5) is 26.2. The summed E-state index contributed by atoms with van der Waals surface area (Å²) in [5, 5.41) is 12.1. The van der Waals surface area contributed by atoms with Crippen molar-refractivity contribution < 1.29 is 14.3 Å². The quantitative estimate of drug-likeness (QED) is 0.413. The lowest BCUT2D eigenvalue weighted by molar-refractivity contribution is -0.114. The highest BCUT2D eigenvalue weighted by Crippen LogP contribution is 2.17. The number of thiazole rings is 1. The van der Waals surface area contributed by atoms with Crippen LogP contribution < -0.4 is 30.5 Å². The van der Waals surface area contributed by atoms with E-state index >= 15 is 0 Å². The van der Waals surface area contributed by atoms with E-state index in [1.807, 2.05) is 24.3 Å². The number of hydrogen-bond acceptors (Lipinski definition) is 8. The molecule has 172 valence electrons. The summed E-state index contributed by atoms with van der Waals surface area (Å²) in [6.07, 6.45) is 1.53. The predicted octanol–water partition coefficient (Wildman–Crippen LogP) is -0.0394. The molecule has 1 saturated heterocycles. The third-order valence-electron chi connectivity index (χ3n) is 4.85. The number of nitrogens with two attached hydrogens (primary N) is 1. The fourth-order valence-corrected chi connectivity index (χ4v) is 4.10. The topological polar surface area (TPSA) is 123 Å². The molecule has 3 N–H and O–H groups in total. The van der Waals surface area contributed by atoms with E-state index in [0.717, 1.165) is 55.6 Å². The van der Waals surface area contributed by atoms with Gasteiger partial charge in [-0.2, -0.15) is 5.26 Å². The maximum absolute atomic E-state index is 12.6. The number of anilines is 1. The normalized spacial score (nSPS) is 13.3. The van der Waals surface area contributed by atoms with E-state index in [9.17, 15) is 9.59 Å². The number of nitrogens with one attached hydrogen (secondary N) is 1. The molecule has 1 aromatic carbocycles. The first-order valence-electron chi connectivity index (χ1n) is 10.5. The van der Waals surface area contributed by atoms with Crippen LogP contribution in [0.25, 0.3) is 11.5 Å². The molecule has 0 saturated carbocycles. The largest absolute Gasteiger partial charge is 0.492 e. The number of aromatic nitrogens is 1. The Morgan fingerprint density at radius 2 is 2.18 bits per heavy atom. The maximum Gasteiger partial charge on any atom is 0.277 e. The monoisotopic (exact) mass is 467 g/mol. The van der Waals surface area contributed by atoms with E-state index in [1.54, 1.807) is 13.0 Å². The molecule has 3 rings (SSSR count). The minimum absolute atomic E-state index is 0.287. The standard InChI is InChI=1S/C23H25N5O4S/c1-2-28-21(14-17(16-24)22(25)29)33-20(23(28)30)6-7-26-18-4-3-5-19(15-18)32-13-10-27-8-11-31-12-9-27/h3-5,7,15,26H,2,8-13H2,1H3,(H2,25,29). The Bertz CT molecular complexity index is 1290. The molecule has 0 bridgehead atoms. The van der Waals surface area contributed by atoms with Crippen molar-refractivity contribution in [2.24, 2.45) is 5.73 Å². The zero-order valence-corrected chi connectivity index (χ0v) is 19.1. The van der Waals surface area contributed by atoms with Crippen LogP contribution >= 0.6 is 11.3 Å². The van der Waals surface area contributed by atoms with E-state index in [4.69, 9.17) is 20.5 Å². The number of benzene rings is 1. The van der Waals surface area contributed by atoms with Crippen molar-refractivity contribution in [3.8, 4) is 11.8 Å². The number of amides is 1. The lowest BCUT2D eigenvalue weighted by Crippen LogP contribution is -2.38. The second kappa shape index (κ2) is 11.9. The van der Waals surface area contributed by atoms with Gasteiger partial charge in [0.25, 0.3) is 11.5 Å². The van der Waals surface area contributed by atoms with Crippen LogP contribution in [0, 0.1) is 11.3 Å². The van der Waals surface area contributed by atoms with E-state index in [-0.39, 0.29) is 11.1 Å². The van der Waals surface area contributed by atoms with Crippen LogP contribution in [0.3, 0.4) is 0 Å². The number of primary amides is 1. The van der Waals surface area contributed by atoms with Gasteiger partial charge >= 0.3 is 0 Å². The molecule has 0 unspecified atom stereocenters. The van der Waals surface area contributed by atoms with Gasteiger partial charge in [-0.05, 0) is 19.1 Å². The number of nitriles is 1. The van der Waals surface area contributed by atoms with Gasteiger partial charge in [-0.15, -0.1) is 0 Å². The van der Waals surface area contributed by atoms with Gasteiger partial charge in [0.15, 0.2) is 5.57 Å². The summed E-state index contributed by atoms with van der Waals surface area (Å²) < 4.78 is 13.3. The fraction of sp³-hybridized carbons (Fsp3) is 0.348. The minimum Gasteiger partial charge on any atom is -0.492 e. The molecule has 1 aliphatic heterocycles.